The van der Waals surface area contributed by atoms with Crippen molar-refractivity contribution in [1.29, 1.82) is 0 Å². The van der Waals surface area contributed by atoms with Crippen LogP contribution < -0.4 is 10.2 Å². The number of carbonyl (C=O) groups excluding carboxylic acids is 1. The minimum atomic E-state index is 0.0234. The lowest BCUT2D eigenvalue weighted by Crippen LogP contribution is -2.49. The topological polar surface area (TPSA) is 87.4 Å². The highest BCUT2D eigenvalue weighted by Gasteiger charge is 2.25. The highest BCUT2D eigenvalue weighted by molar-refractivity contribution is 5.95. The first-order chi connectivity index (χ1) is 14.0. The van der Waals surface area contributed by atoms with Crippen molar-refractivity contribution < 1.29 is 9.21 Å². The third kappa shape index (κ3) is 4.21. The number of nitrogens with zero attached hydrogens (tertiary/aromatic N) is 5. The van der Waals surface area contributed by atoms with Gasteiger partial charge in [0, 0.05) is 32.4 Å². The third-order valence-corrected chi connectivity index (χ3v) is 4.98. The molecule has 1 N–H and O–H groups in total. The summed E-state index contributed by atoms with van der Waals surface area (Å²) in [6.07, 6.45) is 1.80. The summed E-state index contributed by atoms with van der Waals surface area (Å²) in [5.41, 5.74) is 1.75. The van der Waals surface area contributed by atoms with Crippen molar-refractivity contribution in [3.05, 3.63) is 59.2 Å². The summed E-state index contributed by atoms with van der Waals surface area (Å²) in [7, 11) is 0. The summed E-state index contributed by atoms with van der Waals surface area (Å²) in [5, 5.41) is 11.7. The molecule has 4 heterocycles. The molecule has 3 aromatic rings. The monoisotopic (exact) mass is 392 g/mol. The number of anilines is 3. The summed E-state index contributed by atoms with van der Waals surface area (Å²) in [6.45, 7) is 8.37. The number of carbonyl (C=O) groups is 1. The minimum Gasteiger partial charge on any atom is -0.466 e. The number of hydrogen-bond acceptors (Lipinski definition) is 7. The van der Waals surface area contributed by atoms with Crippen molar-refractivity contribution in [2.45, 2.75) is 20.8 Å². The van der Waals surface area contributed by atoms with E-state index in [9.17, 15) is 4.79 Å². The number of aromatic nitrogens is 3. The Morgan fingerprint density at radius 1 is 1.00 bits per heavy atom. The Hall–Kier alpha value is -3.42. The maximum Gasteiger partial charge on any atom is 0.257 e. The molecule has 3 aromatic heterocycles. The van der Waals surface area contributed by atoms with E-state index in [2.05, 4.69) is 25.4 Å². The zero-order valence-electron chi connectivity index (χ0n) is 16.8. The summed E-state index contributed by atoms with van der Waals surface area (Å²) in [6, 6.07) is 9.53. The number of furan rings is 1. The molecule has 29 heavy (non-hydrogen) atoms. The molecule has 0 aliphatic carbocycles. The average molecular weight is 392 g/mol. The molecule has 0 unspecified atom stereocenters. The van der Waals surface area contributed by atoms with Crippen LogP contribution in [0.15, 0.2) is 40.9 Å². The van der Waals surface area contributed by atoms with Gasteiger partial charge in [0.1, 0.15) is 17.3 Å². The lowest BCUT2D eigenvalue weighted by molar-refractivity contribution is 0.0744. The second kappa shape index (κ2) is 7.90. The van der Waals surface area contributed by atoms with Gasteiger partial charge in [0.2, 0.25) is 0 Å². The van der Waals surface area contributed by atoms with Gasteiger partial charge in [-0.1, -0.05) is 6.07 Å². The smallest absolute Gasteiger partial charge is 0.257 e. The molecular weight excluding hydrogens is 368 g/mol. The maximum absolute atomic E-state index is 12.7. The van der Waals surface area contributed by atoms with Crippen LogP contribution in [0.25, 0.3) is 0 Å². The Morgan fingerprint density at radius 3 is 2.34 bits per heavy atom. The lowest BCUT2D eigenvalue weighted by Gasteiger charge is -2.35. The highest BCUT2D eigenvalue weighted by Crippen LogP contribution is 2.20. The Bertz CT molecular complexity index is 989. The Kier molecular flexibility index (Phi) is 5.16. The number of nitrogens with one attached hydrogen (secondary N) is 1. The number of amides is 1. The molecule has 4 rings (SSSR count). The zero-order chi connectivity index (χ0) is 20.4. The van der Waals surface area contributed by atoms with Gasteiger partial charge in [0.15, 0.2) is 11.6 Å². The van der Waals surface area contributed by atoms with Crippen molar-refractivity contribution >= 4 is 23.4 Å². The van der Waals surface area contributed by atoms with Gasteiger partial charge in [-0.15, -0.1) is 10.2 Å². The molecule has 150 valence electrons. The standard InChI is InChI=1S/C21H24N6O2/c1-14-4-5-18(22-13-14)23-19-6-7-20(25-24-19)26-8-10-27(11-9-26)21(28)17-12-15(2)29-16(17)3/h4-7,12-13H,8-11H2,1-3H3,(H,22,23,24). The van der Waals surface area contributed by atoms with Gasteiger partial charge in [-0.25, -0.2) is 4.98 Å². The lowest BCUT2D eigenvalue weighted by atomic mass is 10.2. The van der Waals surface area contributed by atoms with Crippen LogP contribution in [0.2, 0.25) is 0 Å². The largest absolute Gasteiger partial charge is 0.466 e. The number of rotatable bonds is 4. The number of piperazine rings is 1. The van der Waals surface area contributed by atoms with E-state index in [0.717, 1.165) is 23.0 Å². The number of aryl methyl sites for hydroxylation is 3. The van der Waals surface area contributed by atoms with Crippen LogP contribution >= 0.6 is 0 Å². The van der Waals surface area contributed by atoms with Crippen molar-refractivity contribution in [3.63, 3.8) is 0 Å². The van der Waals surface area contributed by atoms with E-state index in [1.807, 2.05) is 56.0 Å². The minimum absolute atomic E-state index is 0.0234. The van der Waals surface area contributed by atoms with Gasteiger partial charge in [0.05, 0.1) is 5.56 Å². The van der Waals surface area contributed by atoms with Gasteiger partial charge < -0.3 is 19.5 Å². The average Bonchev–Trinajstić information content (AvgIpc) is 3.08. The second-order valence-electron chi connectivity index (χ2n) is 7.23. The first-order valence-electron chi connectivity index (χ1n) is 9.64. The van der Waals surface area contributed by atoms with E-state index in [1.54, 1.807) is 6.20 Å². The van der Waals surface area contributed by atoms with Crippen LogP contribution in [0.5, 0.6) is 0 Å². The SMILES string of the molecule is Cc1ccc(Nc2ccc(N3CCN(C(=O)c4cc(C)oc4C)CC3)nn2)nc1. The number of pyridine rings is 1. The molecule has 1 aliphatic rings. The van der Waals surface area contributed by atoms with E-state index < -0.39 is 0 Å². The summed E-state index contributed by atoms with van der Waals surface area (Å²) in [5.74, 6) is 3.63. The molecule has 8 nitrogen and oxygen atoms in total. The third-order valence-electron chi connectivity index (χ3n) is 4.98. The van der Waals surface area contributed by atoms with Crippen molar-refractivity contribution in [1.82, 2.24) is 20.1 Å². The normalized spacial score (nSPS) is 14.2. The summed E-state index contributed by atoms with van der Waals surface area (Å²) in [4.78, 5) is 21.0. The molecule has 1 aliphatic heterocycles. The molecule has 1 saturated heterocycles. The maximum atomic E-state index is 12.7. The van der Waals surface area contributed by atoms with E-state index in [0.29, 0.717) is 43.3 Å². The van der Waals surface area contributed by atoms with E-state index in [1.165, 1.54) is 0 Å². The van der Waals surface area contributed by atoms with Gasteiger partial charge in [-0.05, 0) is 50.6 Å². The first-order valence-corrected chi connectivity index (χ1v) is 9.64. The van der Waals surface area contributed by atoms with E-state index >= 15 is 0 Å². The predicted molar refractivity (Wildman–Crippen MR) is 111 cm³/mol. The van der Waals surface area contributed by atoms with Crippen LogP contribution in [-0.4, -0.2) is 52.2 Å². The van der Waals surface area contributed by atoms with Crippen LogP contribution in [0.4, 0.5) is 17.5 Å². The molecule has 1 amide bonds. The fraction of sp³-hybridized carbons (Fsp3) is 0.333. The predicted octanol–water partition coefficient (Wildman–Crippen LogP) is 3.10. The molecule has 0 bridgehead atoms. The van der Waals surface area contributed by atoms with Crippen LogP contribution in [0.1, 0.15) is 27.4 Å². The van der Waals surface area contributed by atoms with E-state index in [-0.39, 0.29) is 5.91 Å². The quantitative estimate of drug-likeness (QED) is 0.730. The number of hydrogen-bond donors (Lipinski definition) is 1. The van der Waals surface area contributed by atoms with Gasteiger partial charge in [0.25, 0.3) is 5.91 Å². The van der Waals surface area contributed by atoms with Crippen molar-refractivity contribution in [3.8, 4) is 0 Å². The molecule has 1 fully saturated rings. The fourth-order valence-electron chi connectivity index (χ4n) is 3.39. The van der Waals surface area contributed by atoms with Crippen LogP contribution in [0, 0.1) is 20.8 Å². The first kappa shape index (κ1) is 18.9. The molecule has 0 aromatic carbocycles. The Labute approximate surface area is 169 Å². The molecule has 0 radical (unpaired) electrons. The van der Waals surface area contributed by atoms with Gasteiger partial charge >= 0.3 is 0 Å². The van der Waals surface area contributed by atoms with Crippen LogP contribution in [-0.2, 0) is 0 Å². The highest BCUT2D eigenvalue weighted by atomic mass is 16.3. The van der Waals surface area contributed by atoms with Crippen molar-refractivity contribution in [2.24, 2.45) is 0 Å². The molecule has 0 saturated carbocycles. The molecule has 0 atom stereocenters. The van der Waals surface area contributed by atoms with Gasteiger partial charge in [-0.3, -0.25) is 4.79 Å². The zero-order valence-corrected chi connectivity index (χ0v) is 16.8. The molecular formula is C21H24N6O2. The second-order valence-corrected chi connectivity index (χ2v) is 7.23. The molecule has 8 heteroatoms. The van der Waals surface area contributed by atoms with Gasteiger partial charge in [-0.2, -0.15) is 0 Å². The van der Waals surface area contributed by atoms with Crippen molar-refractivity contribution in [2.75, 3.05) is 36.4 Å². The Morgan fingerprint density at radius 2 is 1.76 bits per heavy atom. The van der Waals surface area contributed by atoms with Crippen LogP contribution in [0.3, 0.4) is 0 Å². The fourth-order valence-corrected chi connectivity index (χ4v) is 3.39. The summed E-state index contributed by atoms with van der Waals surface area (Å²) >= 11 is 0. The Balaban J connectivity index is 1.35. The summed E-state index contributed by atoms with van der Waals surface area (Å²) < 4.78 is 5.49. The molecule has 0 spiro atoms. The van der Waals surface area contributed by atoms with E-state index in [4.69, 9.17) is 4.42 Å².